The summed E-state index contributed by atoms with van der Waals surface area (Å²) < 4.78 is 14.6. The average Bonchev–Trinajstić information content (AvgIpc) is 2.64. The summed E-state index contributed by atoms with van der Waals surface area (Å²) >= 11 is 11.8. The number of carbonyl (C=O) groups excluding carboxylic acids is 1. The first-order valence-electron chi connectivity index (χ1n) is 8.91. The van der Waals surface area contributed by atoms with E-state index in [0.29, 0.717) is 41.5 Å². The molecule has 0 bridgehead atoms. The van der Waals surface area contributed by atoms with Crippen LogP contribution in [-0.2, 0) is 11.2 Å². The number of hydrogen-bond acceptors (Lipinski definition) is 2. The molecule has 2 nitrogen and oxygen atoms in total. The van der Waals surface area contributed by atoms with Gasteiger partial charge in [-0.3, -0.25) is 4.79 Å². The van der Waals surface area contributed by atoms with Gasteiger partial charge in [0.05, 0.1) is 15.6 Å². The van der Waals surface area contributed by atoms with E-state index in [4.69, 9.17) is 23.2 Å². The lowest BCUT2D eigenvalue weighted by Crippen LogP contribution is -2.25. The van der Waals surface area contributed by atoms with E-state index in [1.165, 1.54) is 0 Å². The monoisotopic (exact) mass is 406 g/mol. The fourth-order valence-corrected chi connectivity index (χ4v) is 3.76. The highest BCUT2D eigenvalue weighted by Crippen LogP contribution is 2.43. The fourth-order valence-electron chi connectivity index (χ4n) is 3.45. The molecule has 1 N–H and O–H groups in total. The molecular formula is C22H21Cl2FO2. The maximum absolute atomic E-state index is 14.6. The predicted octanol–water partition coefficient (Wildman–Crippen LogP) is 7.02. The lowest BCUT2D eigenvalue weighted by Gasteiger charge is -2.31. The van der Waals surface area contributed by atoms with Crippen LogP contribution in [0.15, 0.2) is 36.1 Å². The molecular weight excluding hydrogens is 386 g/mol. The minimum atomic E-state index is -0.604. The zero-order valence-corrected chi connectivity index (χ0v) is 17.0. The molecule has 142 valence electrons. The van der Waals surface area contributed by atoms with Gasteiger partial charge in [0.15, 0.2) is 11.6 Å². The third-order valence-corrected chi connectivity index (χ3v) is 6.02. The average molecular weight is 407 g/mol. The number of benzene rings is 2. The zero-order chi connectivity index (χ0) is 19.9. The number of aliphatic hydroxyl groups is 1. The quantitative estimate of drug-likeness (QED) is 0.555. The lowest BCUT2D eigenvalue weighted by atomic mass is 9.74. The molecule has 1 aliphatic carbocycles. The smallest absolute Gasteiger partial charge is 0.166 e. The van der Waals surface area contributed by atoms with Crippen LogP contribution in [0.4, 0.5) is 4.39 Å². The highest BCUT2D eigenvalue weighted by Gasteiger charge is 2.35. The number of carbonyl (C=O) groups is 1. The number of aliphatic hydroxyl groups excluding tert-OH is 1. The standard InChI is InChI=1S/C22H21Cl2FO2/c1-4-12-5-6-13(14-7-8-16(23)19(24)20(14)25)11-15(12)18-17(26)9-10-22(2,3)21(18)27/h5-8,11,27H,4,9-10H2,1-3H3. The molecule has 1 aliphatic rings. The Labute approximate surface area is 168 Å². The molecule has 0 spiro atoms. The minimum absolute atomic E-state index is 0.0896. The van der Waals surface area contributed by atoms with Crippen LogP contribution in [0.5, 0.6) is 0 Å². The van der Waals surface area contributed by atoms with Gasteiger partial charge in [0, 0.05) is 17.4 Å². The molecule has 0 aliphatic heterocycles. The molecule has 0 saturated heterocycles. The Kier molecular flexibility index (Phi) is 5.38. The Bertz CT molecular complexity index is 961. The molecule has 27 heavy (non-hydrogen) atoms. The first-order chi connectivity index (χ1) is 12.7. The summed E-state index contributed by atoms with van der Waals surface area (Å²) in [4.78, 5) is 12.6. The Hall–Kier alpha value is -1.84. The van der Waals surface area contributed by atoms with Crippen molar-refractivity contribution < 1.29 is 14.3 Å². The predicted molar refractivity (Wildman–Crippen MR) is 109 cm³/mol. The van der Waals surface area contributed by atoms with Gasteiger partial charge in [-0.1, -0.05) is 56.1 Å². The molecule has 0 unspecified atom stereocenters. The molecule has 0 atom stereocenters. The van der Waals surface area contributed by atoms with E-state index in [1.807, 2.05) is 26.8 Å². The first kappa shape index (κ1) is 19.9. The number of hydrogen-bond donors (Lipinski definition) is 1. The van der Waals surface area contributed by atoms with Crippen LogP contribution in [0.2, 0.25) is 10.0 Å². The van der Waals surface area contributed by atoms with Crippen molar-refractivity contribution in [2.75, 3.05) is 0 Å². The van der Waals surface area contributed by atoms with Gasteiger partial charge in [-0.15, -0.1) is 0 Å². The van der Waals surface area contributed by atoms with Crippen LogP contribution in [0.1, 0.15) is 44.7 Å². The van der Waals surface area contributed by atoms with E-state index >= 15 is 0 Å². The molecule has 0 heterocycles. The topological polar surface area (TPSA) is 37.3 Å². The molecule has 0 radical (unpaired) electrons. The summed E-state index contributed by atoms with van der Waals surface area (Å²) in [7, 11) is 0. The number of halogens is 3. The summed E-state index contributed by atoms with van der Waals surface area (Å²) in [5.74, 6) is -0.596. The molecule has 3 rings (SSSR count). The lowest BCUT2D eigenvalue weighted by molar-refractivity contribution is -0.115. The number of rotatable bonds is 3. The Morgan fingerprint density at radius 3 is 2.52 bits per heavy atom. The molecule has 0 amide bonds. The normalized spacial score (nSPS) is 16.7. The molecule has 5 heteroatoms. The van der Waals surface area contributed by atoms with E-state index in [-0.39, 0.29) is 21.6 Å². The highest BCUT2D eigenvalue weighted by atomic mass is 35.5. The SMILES string of the molecule is CCc1ccc(-c2ccc(Cl)c(Cl)c2F)cc1C1=C(O)C(C)(C)CCC1=O. The maximum Gasteiger partial charge on any atom is 0.166 e. The molecule has 0 fully saturated rings. The second-order valence-corrected chi connectivity index (χ2v) is 8.26. The fraction of sp³-hybridized carbons (Fsp3) is 0.318. The van der Waals surface area contributed by atoms with Gasteiger partial charge in [-0.25, -0.2) is 4.39 Å². The van der Waals surface area contributed by atoms with Crippen molar-refractivity contribution in [2.45, 2.75) is 40.0 Å². The van der Waals surface area contributed by atoms with Crippen molar-refractivity contribution >= 4 is 34.6 Å². The van der Waals surface area contributed by atoms with E-state index in [9.17, 15) is 14.3 Å². The molecule has 0 aromatic heterocycles. The second-order valence-electron chi connectivity index (χ2n) is 7.48. The summed E-state index contributed by atoms with van der Waals surface area (Å²) in [6.45, 7) is 5.82. The van der Waals surface area contributed by atoms with Crippen molar-refractivity contribution in [3.05, 3.63) is 63.1 Å². The Balaban J connectivity index is 2.25. The molecule has 2 aromatic carbocycles. The zero-order valence-electron chi connectivity index (χ0n) is 15.5. The summed E-state index contributed by atoms with van der Waals surface area (Å²) in [5.41, 5.74) is 2.32. The van der Waals surface area contributed by atoms with Gasteiger partial charge >= 0.3 is 0 Å². The Morgan fingerprint density at radius 1 is 1.15 bits per heavy atom. The number of allylic oxidation sites excluding steroid dienone is 2. The minimum Gasteiger partial charge on any atom is -0.511 e. The summed E-state index contributed by atoms with van der Waals surface area (Å²) in [5, 5.41) is 10.8. The van der Waals surface area contributed by atoms with Crippen LogP contribution in [0, 0.1) is 11.2 Å². The van der Waals surface area contributed by atoms with E-state index in [1.54, 1.807) is 24.3 Å². The number of ketones is 1. The summed E-state index contributed by atoms with van der Waals surface area (Å²) in [6, 6.07) is 8.52. The van der Waals surface area contributed by atoms with Gasteiger partial charge in [-0.05, 0) is 47.7 Å². The van der Waals surface area contributed by atoms with Crippen molar-refractivity contribution in [3.63, 3.8) is 0 Å². The number of Topliss-reactive ketones (excluding diaryl/α,β-unsaturated/α-hetero) is 1. The van der Waals surface area contributed by atoms with Gasteiger partial charge in [-0.2, -0.15) is 0 Å². The third kappa shape index (κ3) is 3.51. The molecule has 2 aromatic rings. The van der Waals surface area contributed by atoms with E-state index < -0.39 is 11.2 Å². The van der Waals surface area contributed by atoms with E-state index in [2.05, 4.69) is 0 Å². The third-order valence-electron chi connectivity index (χ3n) is 5.24. The van der Waals surface area contributed by atoms with Gasteiger partial charge < -0.3 is 5.11 Å². The van der Waals surface area contributed by atoms with Crippen LogP contribution in [0.3, 0.4) is 0 Å². The van der Waals surface area contributed by atoms with Crippen LogP contribution in [-0.4, -0.2) is 10.9 Å². The highest BCUT2D eigenvalue weighted by molar-refractivity contribution is 6.42. The van der Waals surface area contributed by atoms with Crippen molar-refractivity contribution in [2.24, 2.45) is 5.41 Å². The van der Waals surface area contributed by atoms with Crippen molar-refractivity contribution in [3.8, 4) is 11.1 Å². The van der Waals surface area contributed by atoms with Crippen molar-refractivity contribution in [1.82, 2.24) is 0 Å². The number of aryl methyl sites for hydroxylation is 1. The second kappa shape index (κ2) is 7.29. The van der Waals surface area contributed by atoms with Gasteiger partial charge in [0.2, 0.25) is 0 Å². The van der Waals surface area contributed by atoms with Crippen LogP contribution >= 0.6 is 23.2 Å². The van der Waals surface area contributed by atoms with Crippen LogP contribution in [0.25, 0.3) is 16.7 Å². The van der Waals surface area contributed by atoms with Gasteiger partial charge in [0.1, 0.15) is 5.76 Å². The summed E-state index contributed by atoms with van der Waals surface area (Å²) in [6.07, 6.45) is 1.66. The van der Waals surface area contributed by atoms with E-state index in [0.717, 1.165) is 5.56 Å². The maximum atomic E-state index is 14.6. The largest absolute Gasteiger partial charge is 0.511 e. The first-order valence-corrected chi connectivity index (χ1v) is 9.67. The van der Waals surface area contributed by atoms with Gasteiger partial charge in [0.25, 0.3) is 0 Å². The van der Waals surface area contributed by atoms with Crippen molar-refractivity contribution in [1.29, 1.82) is 0 Å². The van der Waals surface area contributed by atoms with Crippen LogP contribution < -0.4 is 0 Å². The Morgan fingerprint density at radius 2 is 1.85 bits per heavy atom. The molecule has 0 saturated carbocycles.